The lowest BCUT2D eigenvalue weighted by Gasteiger charge is -2.30. The Hall–Kier alpha value is -2.13. The fraction of sp³-hybridized carbons (Fsp3) is 0.667. The molecule has 1 N–H and O–H groups in total. The summed E-state index contributed by atoms with van der Waals surface area (Å²) >= 11 is 0. The van der Waals surface area contributed by atoms with Crippen LogP contribution >= 0.6 is 0 Å². The summed E-state index contributed by atoms with van der Waals surface area (Å²) in [4.78, 5) is 26.6. The Morgan fingerprint density at radius 1 is 1.18 bits per heavy atom. The van der Waals surface area contributed by atoms with Crippen molar-refractivity contribution in [2.45, 2.75) is 38.8 Å². The second-order valence-corrected chi connectivity index (χ2v) is 9.48. The number of aliphatic carboxylic acids is 1. The van der Waals surface area contributed by atoms with Gasteiger partial charge in [-0.15, -0.1) is 0 Å². The molecule has 1 amide bonds. The fourth-order valence-electron chi connectivity index (χ4n) is 4.98. The average molecular weight is 471 g/mol. The minimum atomic E-state index is -5.08. The standard InChI is InChI=1S/C22H32N2O2.C2HF3O2/c1-3-17-6-8-19(9-7-17)21(25)24-11-10-22(16-24)15-23(12-18-4-5-18)13-20(22)14-26-2;3-2(4,5)1(6)7/h6-9,18,20H,3-5,10-16H2,1-2H3;(H,6,7)/t20-,22+;/m0./s1. The number of carbonyl (C=O) groups excluding carboxylic acids is 1. The normalized spacial score (nSPS) is 25.2. The summed E-state index contributed by atoms with van der Waals surface area (Å²) in [6.45, 7) is 8.24. The zero-order valence-corrected chi connectivity index (χ0v) is 19.2. The SMILES string of the molecule is CCc1ccc(C(=O)N2CC[C@@]3(CN(CC4CC4)C[C@H]3COC)C2)cc1.O=C(O)C(F)(F)F. The number of likely N-dealkylation sites (tertiary alicyclic amines) is 2. The molecule has 6 nitrogen and oxygen atoms in total. The molecule has 1 saturated carbocycles. The van der Waals surface area contributed by atoms with Crippen molar-refractivity contribution < 1.29 is 32.6 Å². The Balaban J connectivity index is 0.000000383. The summed E-state index contributed by atoms with van der Waals surface area (Å²) in [6.07, 6.45) is -0.161. The monoisotopic (exact) mass is 470 g/mol. The number of amides is 1. The van der Waals surface area contributed by atoms with Gasteiger partial charge >= 0.3 is 12.1 Å². The van der Waals surface area contributed by atoms with Crippen LogP contribution in [0.3, 0.4) is 0 Å². The summed E-state index contributed by atoms with van der Waals surface area (Å²) in [5.74, 6) is -1.09. The van der Waals surface area contributed by atoms with Crippen molar-refractivity contribution >= 4 is 11.9 Å². The van der Waals surface area contributed by atoms with E-state index >= 15 is 0 Å². The maximum Gasteiger partial charge on any atom is 0.490 e. The van der Waals surface area contributed by atoms with Crippen LogP contribution in [0, 0.1) is 17.3 Å². The average Bonchev–Trinajstić information content (AvgIpc) is 3.39. The first-order valence-corrected chi connectivity index (χ1v) is 11.5. The Labute approximate surface area is 192 Å². The first-order chi connectivity index (χ1) is 15.6. The predicted octanol–water partition coefficient (Wildman–Crippen LogP) is 3.70. The Morgan fingerprint density at radius 3 is 2.33 bits per heavy atom. The third-order valence-electron chi connectivity index (χ3n) is 6.99. The van der Waals surface area contributed by atoms with Gasteiger partial charge in [-0.05, 0) is 49.3 Å². The molecule has 3 fully saturated rings. The van der Waals surface area contributed by atoms with E-state index in [4.69, 9.17) is 14.6 Å². The Kier molecular flexibility index (Phi) is 8.05. The molecule has 9 heteroatoms. The number of nitrogens with zero attached hydrogens (tertiary/aromatic N) is 2. The highest BCUT2D eigenvalue weighted by atomic mass is 19.4. The lowest BCUT2D eigenvalue weighted by atomic mass is 9.77. The minimum absolute atomic E-state index is 0.196. The molecule has 4 rings (SSSR count). The van der Waals surface area contributed by atoms with Gasteiger partial charge in [-0.25, -0.2) is 4.79 Å². The number of hydrogen-bond acceptors (Lipinski definition) is 4. The second-order valence-electron chi connectivity index (χ2n) is 9.48. The molecule has 33 heavy (non-hydrogen) atoms. The molecule has 2 aliphatic heterocycles. The first-order valence-electron chi connectivity index (χ1n) is 11.5. The van der Waals surface area contributed by atoms with E-state index in [-0.39, 0.29) is 11.3 Å². The molecule has 2 heterocycles. The number of ether oxygens (including phenoxy) is 1. The maximum absolute atomic E-state index is 13.0. The molecule has 0 radical (unpaired) electrons. The van der Waals surface area contributed by atoms with Crippen molar-refractivity contribution in [3.8, 4) is 0 Å². The molecular formula is C24H33F3N2O4. The molecule has 0 unspecified atom stereocenters. The third-order valence-corrected chi connectivity index (χ3v) is 6.99. The van der Waals surface area contributed by atoms with E-state index in [0.29, 0.717) is 5.92 Å². The van der Waals surface area contributed by atoms with Gasteiger partial charge in [0.05, 0.1) is 6.61 Å². The molecule has 0 aromatic heterocycles. The minimum Gasteiger partial charge on any atom is -0.475 e. The molecule has 184 valence electrons. The van der Waals surface area contributed by atoms with Crippen molar-refractivity contribution in [2.75, 3.05) is 46.4 Å². The van der Waals surface area contributed by atoms with Gasteiger partial charge in [-0.1, -0.05) is 19.1 Å². The molecule has 3 aliphatic rings. The van der Waals surface area contributed by atoms with Crippen LogP contribution in [0.25, 0.3) is 0 Å². The summed E-state index contributed by atoms with van der Waals surface area (Å²) in [5.41, 5.74) is 2.34. The van der Waals surface area contributed by atoms with Crippen LogP contribution in [0.2, 0.25) is 0 Å². The number of rotatable bonds is 6. The van der Waals surface area contributed by atoms with Crippen molar-refractivity contribution in [2.24, 2.45) is 17.3 Å². The Bertz CT molecular complexity index is 826. The summed E-state index contributed by atoms with van der Waals surface area (Å²) < 4.78 is 37.3. The van der Waals surface area contributed by atoms with E-state index in [2.05, 4.69) is 28.9 Å². The summed E-state index contributed by atoms with van der Waals surface area (Å²) in [5, 5.41) is 7.12. The number of alkyl halides is 3. The zero-order valence-electron chi connectivity index (χ0n) is 19.2. The second kappa shape index (κ2) is 10.4. The Morgan fingerprint density at radius 2 is 1.82 bits per heavy atom. The van der Waals surface area contributed by atoms with Crippen LogP contribution in [0.5, 0.6) is 0 Å². The number of carbonyl (C=O) groups is 2. The predicted molar refractivity (Wildman–Crippen MR) is 117 cm³/mol. The van der Waals surface area contributed by atoms with E-state index < -0.39 is 12.1 Å². The van der Waals surface area contributed by atoms with Gasteiger partial charge in [0.15, 0.2) is 0 Å². The van der Waals surface area contributed by atoms with Crippen LogP contribution in [-0.4, -0.2) is 79.4 Å². The van der Waals surface area contributed by atoms with E-state index in [9.17, 15) is 18.0 Å². The molecule has 1 aromatic rings. The number of carboxylic acids is 1. The van der Waals surface area contributed by atoms with E-state index in [1.165, 1.54) is 24.9 Å². The number of methoxy groups -OCH3 is 1. The number of hydrogen-bond donors (Lipinski definition) is 1. The van der Waals surface area contributed by atoms with Crippen LogP contribution in [0.1, 0.15) is 42.1 Å². The highest BCUT2D eigenvalue weighted by Crippen LogP contribution is 2.45. The number of aryl methyl sites for hydroxylation is 1. The van der Waals surface area contributed by atoms with Crippen LogP contribution in [-0.2, 0) is 16.0 Å². The van der Waals surface area contributed by atoms with Crippen molar-refractivity contribution in [3.05, 3.63) is 35.4 Å². The quantitative estimate of drug-likeness (QED) is 0.687. The highest BCUT2D eigenvalue weighted by Gasteiger charge is 2.51. The number of benzene rings is 1. The van der Waals surface area contributed by atoms with Crippen LogP contribution < -0.4 is 0 Å². The van der Waals surface area contributed by atoms with Gasteiger partial charge in [0, 0.05) is 56.7 Å². The summed E-state index contributed by atoms with van der Waals surface area (Å²) in [6, 6.07) is 8.15. The van der Waals surface area contributed by atoms with E-state index in [0.717, 1.165) is 57.1 Å². The van der Waals surface area contributed by atoms with Crippen molar-refractivity contribution in [1.29, 1.82) is 0 Å². The fourth-order valence-corrected chi connectivity index (χ4v) is 4.98. The molecular weight excluding hydrogens is 437 g/mol. The van der Waals surface area contributed by atoms with Crippen LogP contribution in [0.4, 0.5) is 13.2 Å². The van der Waals surface area contributed by atoms with Crippen molar-refractivity contribution in [1.82, 2.24) is 9.80 Å². The molecule has 2 saturated heterocycles. The zero-order chi connectivity index (χ0) is 24.2. The van der Waals surface area contributed by atoms with Crippen LogP contribution in [0.15, 0.2) is 24.3 Å². The topological polar surface area (TPSA) is 70.1 Å². The number of halogens is 3. The third kappa shape index (κ3) is 6.47. The van der Waals surface area contributed by atoms with Gasteiger partial charge in [0.2, 0.25) is 0 Å². The maximum atomic E-state index is 13.0. The number of carboxylic acid groups (broad SMARTS) is 1. The summed E-state index contributed by atoms with van der Waals surface area (Å²) in [7, 11) is 1.81. The molecule has 2 atom stereocenters. The molecule has 1 aliphatic carbocycles. The van der Waals surface area contributed by atoms with Gasteiger partial charge in [-0.2, -0.15) is 13.2 Å². The van der Waals surface area contributed by atoms with Gasteiger partial charge in [-0.3, -0.25) is 4.79 Å². The molecule has 0 bridgehead atoms. The van der Waals surface area contributed by atoms with Gasteiger partial charge in [0.1, 0.15) is 0 Å². The van der Waals surface area contributed by atoms with Crippen molar-refractivity contribution in [3.63, 3.8) is 0 Å². The molecule has 1 aromatic carbocycles. The lowest BCUT2D eigenvalue weighted by Crippen LogP contribution is -2.38. The largest absolute Gasteiger partial charge is 0.490 e. The van der Waals surface area contributed by atoms with Gasteiger partial charge in [0.25, 0.3) is 5.91 Å². The smallest absolute Gasteiger partial charge is 0.475 e. The van der Waals surface area contributed by atoms with Gasteiger partial charge < -0.3 is 19.6 Å². The first kappa shape index (κ1) is 25.5. The lowest BCUT2D eigenvalue weighted by molar-refractivity contribution is -0.192. The molecule has 1 spiro atoms. The highest BCUT2D eigenvalue weighted by molar-refractivity contribution is 5.94. The van der Waals surface area contributed by atoms with E-state index in [1.54, 1.807) is 0 Å². The van der Waals surface area contributed by atoms with E-state index in [1.807, 2.05) is 19.2 Å².